The van der Waals surface area contributed by atoms with Gasteiger partial charge in [-0.3, -0.25) is 0 Å². The number of nitrogens with zero attached hydrogens (tertiary/aromatic N) is 2. The smallest absolute Gasteiger partial charge is 0.116 e. The summed E-state index contributed by atoms with van der Waals surface area (Å²) in [5.74, 6) is 0. The van der Waals surface area contributed by atoms with Gasteiger partial charge in [0, 0.05) is 18.8 Å². The first-order valence-electron chi connectivity index (χ1n) is 4.90. The van der Waals surface area contributed by atoms with Gasteiger partial charge in [-0.1, -0.05) is 12.2 Å². The number of allylic oxidation sites excluding steroid dienone is 1. The van der Waals surface area contributed by atoms with Crippen LogP contribution in [0.15, 0.2) is 11.3 Å². The highest BCUT2D eigenvalue weighted by Gasteiger charge is 2.20. The van der Waals surface area contributed by atoms with E-state index < -0.39 is 0 Å². The SMILES string of the molecule is C/C(=C(/C#N)C(N)=S)N1CCCC(O)C1. The van der Waals surface area contributed by atoms with Crippen molar-refractivity contribution in [2.45, 2.75) is 25.9 Å². The third-order valence-corrected chi connectivity index (χ3v) is 2.79. The van der Waals surface area contributed by atoms with Crippen molar-refractivity contribution in [3.8, 4) is 6.07 Å². The lowest BCUT2D eigenvalue weighted by atomic mass is 10.1. The second-order valence-electron chi connectivity index (χ2n) is 3.68. The zero-order chi connectivity index (χ0) is 11.4. The molecule has 1 unspecified atom stereocenters. The summed E-state index contributed by atoms with van der Waals surface area (Å²) in [7, 11) is 0. The van der Waals surface area contributed by atoms with Crippen molar-refractivity contribution in [2.24, 2.45) is 5.73 Å². The maximum Gasteiger partial charge on any atom is 0.116 e. The van der Waals surface area contributed by atoms with Crippen LogP contribution in [0.25, 0.3) is 0 Å². The molecule has 3 N–H and O–H groups in total. The molecule has 0 aromatic carbocycles. The molecule has 1 aliphatic heterocycles. The number of thiocarbonyl (C=S) groups is 1. The number of aliphatic hydroxyl groups excluding tert-OH is 1. The van der Waals surface area contributed by atoms with Gasteiger partial charge in [-0.2, -0.15) is 5.26 Å². The lowest BCUT2D eigenvalue weighted by Gasteiger charge is -2.32. The molecule has 0 bridgehead atoms. The van der Waals surface area contributed by atoms with Crippen LogP contribution in [0.1, 0.15) is 19.8 Å². The van der Waals surface area contributed by atoms with Crippen LogP contribution in [0.5, 0.6) is 0 Å². The molecule has 1 heterocycles. The van der Waals surface area contributed by atoms with Crippen molar-refractivity contribution in [1.82, 2.24) is 4.90 Å². The molecule has 1 fully saturated rings. The van der Waals surface area contributed by atoms with Gasteiger partial charge in [0.2, 0.25) is 0 Å². The molecule has 0 amide bonds. The molecule has 0 spiro atoms. The van der Waals surface area contributed by atoms with Gasteiger partial charge in [-0.05, 0) is 19.8 Å². The average molecular weight is 225 g/mol. The summed E-state index contributed by atoms with van der Waals surface area (Å²) in [4.78, 5) is 2.08. The zero-order valence-corrected chi connectivity index (χ0v) is 9.55. The van der Waals surface area contributed by atoms with Crippen LogP contribution in [0, 0.1) is 11.3 Å². The fraction of sp³-hybridized carbons (Fsp3) is 0.600. The van der Waals surface area contributed by atoms with Crippen molar-refractivity contribution in [1.29, 1.82) is 5.26 Å². The minimum Gasteiger partial charge on any atom is -0.391 e. The van der Waals surface area contributed by atoms with E-state index in [-0.39, 0.29) is 11.1 Å². The molecular weight excluding hydrogens is 210 g/mol. The number of hydrogen-bond acceptors (Lipinski definition) is 4. The molecule has 1 rings (SSSR count). The minimum absolute atomic E-state index is 0.120. The van der Waals surface area contributed by atoms with E-state index in [0.717, 1.165) is 25.1 Å². The Labute approximate surface area is 95.0 Å². The van der Waals surface area contributed by atoms with Gasteiger partial charge in [-0.25, -0.2) is 0 Å². The fourth-order valence-corrected chi connectivity index (χ4v) is 1.93. The number of hydrogen-bond donors (Lipinski definition) is 2. The van der Waals surface area contributed by atoms with Crippen LogP contribution in [-0.2, 0) is 0 Å². The van der Waals surface area contributed by atoms with Crippen LogP contribution in [0.3, 0.4) is 0 Å². The number of nitrogens with two attached hydrogens (primary N) is 1. The highest BCUT2D eigenvalue weighted by molar-refractivity contribution is 7.80. The van der Waals surface area contributed by atoms with Crippen molar-refractivity contribution in [2.75, 3.05) is 13.1 Å². The topological polar surface area (TPSA) is 73.3 Å². The molecule has 1 saturated heterocycles. The van der Waals surface area contributed by atoms with Crippen molar-refractivity contribution in [3.63, 3.8) is 0 Å². The summed E-state index contributed by atoms with van der Waals surface area (Å²) in [5.41, 5.74) is 6.57. The highest BCUT2D eigenvalue weighted by Crippen LogP contribution is 2.17. The van der Waals surface area contributed by atoms with E-state index in [4.69, 9.17) is 23.2 Å². The van der Waals surface area contributed by atoms with Gasteiger partial charge in [0.05, 0.1) is 6.10 Å². The number of piperidine rings is 1. The number of aliphatic hydroxyl groups is 1. The van der Waals surface area contributed by atoms with Gasteiger partial charge in [-0.15, -0.1) is 0 Å². The molecule has 0 aliphatic carbocycles. The predicted molar refractivity (Wildman–Crippen MR) is 61.9 cm³/mol. The summed E-state index contributed by atoms with van der Waals surface area (Å²) in [6.45, 7) is 3.21. The Hall–Kier alpha value is -1.12. The lowest BCUT2D eigenvalue weighted by Crippen LogP contribution is -2.38. The van der Waals surface area contributed by atoms with Crippen LogP contribution in [0.4, 0.5) is 0 Å². The Bertz CT molecular complexity index is 332. The molecule has 4 nitrogen and oxygen atoms in total. The zero-order valence-electron chi connectivity index (χ0n) is 8.73. The molecule has 15 heavy (non-hydrogen) atoms. The predicted octanol–water partition coefficient (Wildman–Crippen LogP) is 0.527. The quantitative estimate of drug-likeness (QED) is 0.407. The Morgan fingerprint density at radius 1 is 1.67 bits per heavy atom. The number of rotatable bonds is 2. The van der Waals surface area contributed by atoms with Crippen LogP contribution < -0.4 is 5.73 Å². The van der Waals surface area contributed by atoms with Crippen LogP contribution in [-0.4, -0.2) is 34.2 Å². The highest BCUT2D eigenvalue weighted by atomic mass is 32.1. The van der Waals surface area contributed by atoms with E-state index in [1.54, 1.807) is 0 Å². The number of β-amino-alcohol motifs (C(OH)–C–C–N with tert-alkyl or cyclic N) is 1. The van der Waals surface area contributed by atoms with Crippen molar-refractivity contribution in [3.05, 3.63) is 11.3 Å². The number of likely N-dealkylation sites (tertiary alicyclic amines) is 1. The minimum atomic E-state index is -0.319. The first-order chi connectivity index (χ1) is 7.06. The fourth-order valence-electron chi connectivity index (χ4n) is 1.73. The number of nitriles is 1. The summed E-state index contributed by atoms with van der Waals surface area (Å²) >= 11 is 4.80. The maximum absolute atomic E-state index is 9.51. The van der Waals surface area contributed by atoms with Gasteiger partial charge in [0.15, 0.2) is 0 Å². The standard InChI is InChI=1S/C10H15N3OS/c1-7(9(5-11)10(12)15)13-4-2-3-8(14)6-13/h8,14H,2-4,6H2,1H3,(H2,12,15)/b9-7+. The average Bonchev–Trinajstić information content (AvgIpc) is 2.18. The first-order valence-corrected chi connectivity index (χ1v) is 5.31. The Balaban J connectivity index is 2.86. The van der Waals surface area contributed by atoms with Crippen LogP contribution >= 0.6 is 12.2 Å². The Kier molecular flexibility index (Phi) is 4.06. The van der Waals surface area contributed by atoms with E-state index in [2.05, 4.69) is 0 Å². The molecule has 0 radical (unpaired) electrons. The monoisotopic (exact) mass is 225 g/mol. The molecule has 5 heteroatoms. The first kappa shape index (κ1) is 12.0. The van der Waals surface area contributed by atoms with Crippen molar-refractivity contribution >= 4 is 17.2 Å². The molecule has 82 valence electrons. The summed E-state index contributed by atoms with van der Waals surface area (Å²) < 4.78 is 0. The summed E-state index contributed by atoms with van der Waals surface area (Å²) in [6.07, 6.45) is 1.42. The maximum atomic E-state index is 9.51. The Morgan fingerprint density at radius 3 is 2.80 bits per heavy atom. The normalized spacial score (nSPS) is 23.0. The molecule has 1 aliphatic rings. The second-order valence-corrected chi connectivity index (χ2v) is 4.12. The Morgan fingerprint density at radius 2 is 2.33 bits per heavy atom. The van der Waals surface area contributed by atoms with Gasteiger partial charge in [0.1, 0.15) is 16.6 Å². The van der Waals surface area contributed by atoms with E-state index in [1.807, 2.05) is 17.9 Å². The van der Waals surface area contributed by atoms with E-state index in [1.165, 1.54) is 0 Å². The second kappa shape index (κ2) is 5.10. The lowest BCUT2D eigenvalue weighted by molar-refractivity contribution is 0.0879. The molecule has 0 aromatic rings. The van der Waals surface area contributed by atoms with Crippen LogP contribution in [0.2, 0.25) is 0 Å². The van der Waals surface area contributed by atoms with E-state index in [0.29, 0.717) is 12.1 Å². The molecule has 1 atom stereocenters. The van der Waals surface area contributed by atoms with Gasteiger partial charge in [0.25, 0.3) is 0 Å². The summed E-state index contributed by atoms with van der Waals surface area (Å²) in [6, 6.07) is 2.00. The van der Waals surface area contributed by atoms with Gasteiger partial charge >= 0.3 is 0 Å². The third kappa shape index (κ3) is 2.91. The van der Waals surface area contributed by atoms with Gasteiger partial charge < -0.3 is 15.7 Å². The largest absolute Gasteiger partial charge is 0.391 e. The van der Waals surface area contributed by atoms with E-state index in [9.17, 15) is 5.11 Å². The van der Waals surface area contributed by atoms with E-state index >= 15 is 0 Å². The molecular formula is C10H15N3OS. The third-order valence-electron chi connectivity index (χ3n) is 2.59. The van der Waals surface area contributed by atoms with Crippen molar-refractivity contribution < 1.29 is 5.11 Å². The molecule has 0 aromatic heterocycles. The summed E-state index contributed by atoms with van der Waals surface area (Å²) in [5, 5.41) is 18.4. The molecule has 0 saturated carbocycles.